The van der Waals surface area contributed by atoms with Crippen LogP contribution in [-0.4, -0.2) is 20.2 Å². The molecule has 0 aliphatic carbocycles. The van der Waals surface area contributed by atoms with Crippen LogP contribution in [0.5, 0.6) is 0 Å². The van der Waals surface area contributed by atoms with Crippen molar-refractivity contribution in [3.8, 4) is 0 Å². The van der Waals surface area contributed by atoms with Crippen molar-refractivity contribution in [1.82, 2.24) is 20.2 Å². The smallest absolute Gasteiger partial charge is 0.191 e. The lowest BCUT2D eigenvalue weighted by atomic mass is 9.87. The van der Waals surface area contributed by atoms with Crippen LogP contribution in [0.15, 0.2) is 0 Å². The molecule has 0 bridgehead atoms. The second-order valence-electron chi connectivity index (χ2n) is 3.98. The Balaban J connectivity index is 2.85. The number of tetrazole rings is 1. The van der Waals surface area contributed by atoms with E-state index >= 15 is 0 Å². The number of nitrogens with two attached hydrogens (primary N) is 1. The number of aryl methyl sites for hydroxylation is 1. The third-order valence-electron chi connectivity index (χ3n) is 1.73. The second kappa shape index (κ2) is 2.82. The summed E-state index contributed by atoms with van der Waals surface area (Å²) in [7, 11) is 1.73. The molecular formula is C7H15N5. The molecule has 0 amide bonds. The van der Waals surface area contributed by atoms with Gasteiger partial charge in [-0.2, -0.15) is 4.80 Å². The van der Waals surface area contributed by atoms with Crippen LogP contribution >= 0.6 is 0 Å². The summed E-state index contributed by atoms with van der Waals surface area (Å²) in [5.74, 6) is 0.602. The maximum absolute atomic E-state index is 5.91. The van der Waals surface area contributed by atoms with Crippen LogP contribution in [0.4, 0.5) is 0 Å². The molecule has 0 saturated heterocycles. The number of nitrogens with zero attached hydrogens (tertiary/aromatic N) is 4. The zero-order valence-corrected chi connectivity index (χ0v) is 7.94. The maximum atomic E-state index is 5.91. The molecular weight excluding hydrogens is 154 g/mol. The molecule has 0 fully saturated rings. The van der Waals surface area contributed by atoms with Crippen molar-refractivity contribution >= 4 is 0 Å². The molecule has 2 N–H and O–H groups in total. The topological polar surface area (TPSA) is 69.6 Å². The van der Waals surface area contributed by atoms with Crippen LogP contribution in [0.25, 0.3) is 0 Å². The predicted octanol–water partition coefficient (Wildman–Crippen LogP) is 0.256. The zero-order chi connectivity index (χ0) is 9.35. The van der Waals surface area contributed by atoms with Gasteiger partial charge in [0.1, 0.15) is 0 Å². The van der Waals surface area contributed by atoms with E-state index in [9.17, 15) is 0 Å². The summed E-state index contributed by atoms with van der Waals surface area (Å²) in [6.45, 7) is 6.15. The zero-order valence-electron chi connectivity index (χ0n) is 7.94. The van der Waals surface area contributed by atoms with Gasteiger partial charge in [-0.3, -0.25) is 0 Å². The lowest BCUT2D eigenvalue weighted by Gasteiger charge is -2.23. The highest BCUT2D eigenvalue weighted by Crippen LogP contribution is 2.27. The standard InChI is InChI=1S/C7H15N5/c1-7(2,3)5(8)6-9-11-12(4)10-6/h5H,8H2,1-4H3. The van der Waals surface area contributed by atoms with Gasteiger partial charge < -0.3 is 5.73 Å². The van der Waals surface area contributed by atoms with Crippen molar-refractivity contribution in [2.75, 3.05) is 0 Å². The summed E-state index contributed by atoms with van der Waals surface area (Å²) in [6.07, 6.45) is 0. The Hall–Kier alpha value is -0.970. The van der Waals surface area contributed by atoms with Crippen LogP contribution in [0.3, 0.4) is 0 Å². The van der Waals surface area contributed by atoms with Gasteiger partial charge in [-0.15, -0.1) is 10.2 Å². The van der Waals surface area contributed by atoms with E-state index in [2.05, 4.69) is 15.4 Å². The highest BCUT2D eigenvalue weighted by Gasteiger charge is 2.25. The van der Waals surface area contributed by atoms with Gasteiger partial charge in [-0.1, -0.05) is 20.8 Å². The molecule has 0 aliphatic heterocycles. The Labute approximate surface area is 71.9 Å². The minimum atomic E-state index is -0.161. The van der Waals surface area contributed by atoms with Crippen molar-refractivity contribution in [1.29, 1.82) is 0 Å². The largest absolute Gasteiger partial charge is 0.321 e. The van der Waals surface area contributed by atoms with Crippen LogP contribution in [-0.2, 0) is 7.05 Å². The van der Waals surface area contributed by atoms with Gasteiger partial charge in [0.2, 0.25) is 0 Å². The Morgan fingerprint density at radius 3 is 2.33 bits per heavy atom. The molecule has 0 radical (unpaired) electrons. The second-order valence-corrected chi connectivity index (χ2v) is 3.98. The SMILES string of the molecule is Cn1nnc(C(N)C(C)(C)C)n1. The van der Waals surface area contributed by atoms with Crippen molar-refractivity contribution in [3.63, 3.8) is 0 Å². The number of hydrogen-bond donors (Lipinski definition) is 1. The third-order valence-corrected chi connectivity index (χ3v) is 1.73. The fourth-order valence-corrected chi connectivity index (χ4v) is 0.811. The molecule has 0 spiro atoms. The van der Waals surface area contributed by atoms with Crippen LogP contribution in [0.1, 0.15) is 32.6 Å². The quantitative estimate of drug-likeness (QED) is 0.654. The van der Waals surface area contributed by atoms with E-state index in [-0.39, 0.29) is 11.5 Å². The lowest BCUT2D eigenvalue weighted by molar-refractivity contribution is 0.314. The number of aromatic nitrogens is 4. The van der Waals surface area contributed by atoms with Crippen LogP contribution in [0, 0.1) is 5.41 Å². The van der Waals surface area contributed by atoms with Crippen LogP contribution in [0.2, 0.25) is 0 Å². The van der Waals surface area contributed by atoms with Crippen molar-refractivity contribution in [2.24, 2.45) is 18.2 Å². The minimum absolute atomic E-state index is 0.0248. The van der Waals surface area contributed by atoms with Crippen molar-refractivity contribution < 1.29 is 0 Å². The molecule has 12 heavy (non-hydrogen) atoms. The van der Waals surface area contributed by atoms with Crippen molar-refractivity contribution in [3.05, 3.63) is 5.82 Å². The summed E-state index contributed by atoms with van der Waals surface area (Å²) in [4.78, 5) is 1.42. The number of rotatable bonds is 1. The molecule has 5 nitrogen and oxygen atoms in total. The minimum Gasteiger partial charge on any atom is -0.321 e. The van der Waals surface area contributed by atoms with E-state index in [0.29, 0.717) is 5.82 Å². The summed E-state index contributed by atoms with van der Waals surface area (Å²) < 4.78 is 0. The van der Waals surface area contributed by atoms with E-state index in [4.69, 9.17) is 5.73 Å². The predicted molar refractivity (Wildman–Crippen MR) is 45.2 cm³/mol. The van der Waals surface area contributed by atoms with Gasteiger partial charge in [-0.05, 0) is 10.6 Å². The molecule has 5 heteroatoms. The Morgan fingerprint density at radius 2 is 2.00 bits per heavy atom. The molecule has 1 aromatic rings. The van der Waals surface area contributed by atoms with Gasteiger partial charge >= 0.3 is 0 Å². The molecule has 1 heterocycles. The lowest BCUT2D eigenvalue weighted by Crippen LogP contribution is -2.27. The first kappa shape index (κ1) is 9.12. The third kappa shape index (κ3) is 1.79. The van der Waals surface area contributed by atoms with E-state index < -0.39 is 0 Å². The molecule has 1 aromatic heterocycles. The molecule has 0 aliphatic rings. The van der Waals surface area contributed by atoms with E-state index in [1.165, 1.54) is 4.80 Å². The summed E-state index contributed by atoms with van der Waals surface area (Å²) in [5, 5.41) is 11.6. The Bertz CT molecular complexity index is 259. The average Bonchev–Trinajstić information content (AvgIpc) is 2.32. The molecule has 1 atom stereocenters. The van der Waals surface area contributed by atoms with Crippen molar-refractivity contribution in [2.45, 2.75) is 26.8 Å². The van der Waals surface area contributed by atoms with Gasteiger partial charge in [0, 0.05) is 0 Å². The molecule has 0 aromatic carbocycles. The molecule has 0 saturated carbocycles. The van der Waals surface area contributed by atoms with E-state index in [1.54, 1.807) is 7.05 Å². The first-order valence-corrected chi connectivity index (χ1v) is 3.91. The van der Waals surface area contributed by atoms with Gasteiger partial charge in [0.05, 0.1) is 13.1 Å². The summed E-state index contributed by atoms with van der Waals surface area (Å²) in [6, 6.07) is -0.161. The Morgan fingerprint density at radius 1 is 1.42 bits per heavy atom. The molecule has 1 rings (SSSR count). The van der Waals surface area contributed by atoms with Gasteiger partial charge in [-0.25, -0.2) is 0 Å². The normalized spacial score (nSPS) is 14.8. The van der Waals surface area contributed by atoms with Crippen LogP contribution < -0.4 is 5.73 Å². The fourth-order valence-electron chi connectivity index (χ4n) is 0.811. The fraction of sp³-hybridized carbons (Fsp3) is 0.857. The highest BCUT2D eigenvalue weighted by atomic mass is 15.6. The van der Waals surface area contributed by atoms with Gasteiger partial charge in [0.15, 0.2) is 5.82 Å². The molecule has 68 valence electrons. The highest BCUT2D eigenvalue weighted by molar-refractivity contribution is 4.93. The van der Waals surface area contributed by atoms with E-state index in [0.717, 1.165) is 0 Å². The van der Waals surface area contributed by atoms with E-state index in [1.807, 2.05) is 20.8 Å². The first-order valence-electron chi connectivity index (χ1n) is 3.91. The average molecular weight is 169 g/mol. The number of hydrogen-bond acceptors (Lipinski definition) is 4. The summed E-state index contributed by atoms with van der Waals surface area (Å²) in [5.41, 5.74) is 5.88. The maximum Gasteiger partial charge on any atom is 0.191 e. The first-order chi connectivity index (χ1) is 5.41. The molecule has 1 unspecified atom stereocenters. The monoisotopic (exact) mass is 169 g/mol. The Kier molecular flexibility index (Phi) is 2.14. The van der Waals surface area contributed by atoms with Gasteiger partial charge in [0.25, 0.3) is 0 Å². The summed E-state index contributed by atoms with van der Waals surface area (Å²) >= 11 is 0.